The van der Waals surface area contributed by atoms with Crippen LogP contribution in [0.3, 0.4) is 0 Å². The Balaban J connectivity index is 2.04. The van der Waals surface area contributed by atoms with Gasteiger partial charge in [0.25, 0.3) is 0 Å². The first-order chi connectivity index (χ1) is 6.65. The Morgan fingerprint density at radius 2 is 2.50 bits per heavy atom. The van der Waals surface area contributed by atoms with Crippen molar-refractivity contribution in [3.05, 3.63) is 17.5 Å². The monoisotopic (exact) mass is 193 g/mol. The van der Waals surface area contributed by atoms with Crippen LogP contribution in [0.2, 0.25) is 0 Å². The van der Waals surface area contributed by atoms with Gasteiger partial charge in [0.1, 0.15) is 0 Å². The van der Waals surface area contributed by atoms with Crippen LogP contribution < -0.4 is 5.32 Å². The molecule has 1 atom stereocenters. The third-order valence-electron chi connectivity index (χ3n) is 2.67. The first-order valence-corrected chi connectivity index (χ1v) is 4.93. The summed E-state index contributed by atoms with van der Waals surface area (Å²) in [4.78, 5) is 11.0. The second kappa shape index (κ2) is 3.44. The summed E-state index contributed by atoms with van der Waals surface area (Å²) in [7, 11) is 1.92. The van der Waals surface area contributed by atoms with Gasteiger partial charge in [-0.15, -0.1) is 0 Å². The lowest BCUT2D eigenvalue weighted by molar-refractivity contribution is -0.119. The highest BCUT2D eigenvalue weighted by Gasteiger charge is 2.21. The third kappa shape index (κ3) is 1.78. The first-order valence-electron chi connectivity index (χ1n) is 4.93. The Morgan fingerprint density at radius 3 is 3.00 bits per heavy atom. The van der Waals surface area contributed by atoms with Gasteiger partial charge in [0.15, 0.2) is 0 Å². The third-order valence-corrected chi connectivity index (χ3v) is 2.67. The van der Waals surface area contributed by atoms with Gasteiger partial charge in [0.05, 0.1) is 5.69 Å². The summed E-state index contributed by atoms with van der Waals surface area (Å²) < 4.78 is 1.82. The molecule has 1 saturated heterocycles. The summed E-state index contributed by atoms with van der Waals surface area (Å²) in [5, 5.41) is 7.24. The molecule has 2 rings (SSSR count). The van der Waals surface area contributed by atoms with E-state index in [1.807, 2.05) is 24.9 Å². The van der Waals surface area contributed by atoms with Gasteiger partial charge in [-0.1, -0.05) is 0 Å². The molecule has 0 aliphatic carbocycles. The maximum atomic E-state index is 11.0. The van der Waals surface area contributed by atoms with E-state index in [1.54, 1.807) is 0 Å². The fourth-order valence-electron chi connectivity index (χ4n) is 1.94. The molecule has 76 valence electrons. The zero-order chi connectivity index (χ0) is 10.1. The van der Waals surface area contributed by atoms with Crippen LogP contribution in [0.15, 0.2) is 6.20 Å². The molecular weight excluding hydrogens is 178 g/mol. The minimum Gasteiger partial charge on any atom is -0.353 e. The number of carbonyl (C=O) groups is 1. The van der Waals surface area contributed by atoms with Gasteiger partial charge in [0.2, 0.25) is 5.91 Å². The summed E-state index contributed by atoms with van der Waals surface area (Å²) >= 11 is 0. The maximum absolute atomic E-state index is 11.0. The molecular formula is C10H15N3O. The van der Waals surface area contributed by atoms with E-state index in [4.69, 9.17) is 0 Å². The molecule has 4 heteroatoms. The average molecular weight is 193 g/mol. The predicted molar refractivity (Wildman–Crippen MR) is 52.8 cm³/mol. The van der Waals surface area contributed by atoms with Crippen LogP contribution in [-0.4, -0.2) is 21.7 Å². The number of nitrogens with one attached hydrogen (secondary N) is 1. The van der Waals surface area contributed by atoms with E-state index < -0.39 is 0 Å². The molecule has 0 aromatic carbocycles. The molecule has 0 spiro atoms. The van der Waals surface area contributed by atoms with Crippen molar-refractivity contribution in [2.24, 2.45) is 7.05 Å². The summed E-state index contributed by atoms with van der Waals surface area (Å²) in [5.41, 5.74) is 2.30. The molecule has 0 bridgehead atoms. The fourth-order valence-corrected chi connectivity index (χ4v) is 1.94. The van der Waals surface area contributed by atoms with Crippen molar-refractivity contribution < 1.29 is 4.79 Å². The van der Waals surface area contributed by atoms with E-state index in [-0.39, 0.29) is 5.91 Å². The topological polar surface area (TPSA) is 46.9 Å². The Kier molecular flexibility index (Phi) is 2.27. The minimum absolute atomic E-state index is 0.177. The summed E-state index contributed by atoms with van der Waals surface area (Å²) in [6, 6.07) is 0.311. The Bertz CT molecular complexity index is 356. The molecule has 0 saturated carbocycles. The van der Waals surface area contributed by atoms with Crippen LogP contribution in [0.4, 0.5) is 0 Å². The van der Waals surface area contributed by atoms with Crippen LogP contribution in [-0.2, 0) is 18.3 Å². The molecule has 1 fully saturated rings. The molecule has 0 unspecified atom stereocenters. The zero-order valence-electron chi connectivity index (χ0n) is 8.58. The van der Waals surface area contributed by atoms with Gasteiger partial charge >= 0.3 is 0 Å². The summed E-state index contributed by atoms with van der Waals surface area (Å²) in [5.74, 6) is 0.177. The molecule has 0 radical (unpaired) electrons. The van der Waals surface area contributed by atoms with Crippen molar-refractivity contribution in [2.45, 2.75) is 32.2 Å². The van der Waals surface area contributed by atoms with Crippen LogP contribution in [0.1, 0.15) is 24.1 Å². The van der Waals surface area contributed by atoms with E-state index in [1.165, 1.54) is 5.56 Å². The molecule has 2 heterocycles. The van der Waals surface area contributed by atoms with Gasteiger partial charge in [0, 0.05) is 25.7 Å². The highest BCUT2D eigenvalue weighted by Crippen LogP contribution is 2.14. The number of hydrogen-bond donors (Lipinski definition) is 1. The number of aromatic nitrogens is 2. The Hall–Kier alpha value is -1.32. The SMILES string of the molecule is Cc1nn(C)cc1C[C@@H]1CCC(=O)N1. The minimum atomic E-state index is 0.177. The van der Waals surface area contributed by atoms with E-state index in [0.717, 1.165) is 18.5 Å². The van der Waals surface area contributed by atoms with Crippen molar-refractivity contribution in [3.63, 3.8) is 0 Å². The maximum Gasteiger partial charge on any atom is 0.220 e. The number of carbonyl (C=O) groups excluding carboxylic acids is 1. The second-order valence-electron chi connectivity index (χ2n) is 3.92. The molecule has 1 aromatic rings. The first kappa shape index (κ1) is 9.24. The smallest absolute Gasteiger partial charge is 0.220 e. The van der Waals surface area contributed by atoms with Gasteiger partial charge in [-0.05, 0) is 25.3 Å². The highest BCUT2D eigenvalue weighted by molar-refractivity contribution is 5.78. The second-order valence-corrected chi connectivity index (χ2v) is 3.92. The van der Waals surface area contributed by atoms with Crippen molar-refractivity contribution in [1.82, 2.24) is 15.1 Å². The molecule has 4 nitrogen and oxygen atoms in total. The average Bonchev–Trinajstić information content (AvgIpc) is 2.61. The van der Waals surface area contributed by atoms with Crippen LogP contribution in [0.5, 0.6) is 0 Å². The van der Waals surface area contributed by atoms with Crippen molar-refractivity contribution in [3.8, 4) is 0 Å². The normalized spacial score (nSPS) is 21.3. The standard InChI is InChI=1S/C10H15N3O/c1-7-8(6-13(2)12-7)5-9-3-4-10(14)11-9/h6,9H,3-5H2,1-2H3,(H,11,14)/t9-/m0/s1. The lowest BCUT2D eigenvalue weighted by atomic mass is 10.1. The van der Waals surface area contributed by atoms with Crippen LogP contribution >= 0.6 is 0 Å². The summed E-state index contributed by atoms with van der Waals surface area (Å²) in [6.45, 7) is 2.01. The van der Waals surface area contributed by atoms with E-state index >= 15 is 0 Å². The lowest BCUT2D eigenvalue weighted by Crippen LogP contribution is -2.27. The molecule has 1 N–H and O–H groups in total. The van der Waals surface area contributed by atoms with Gasteiger partial charge in [-0.3, -0.25) is 9.48 Å². The quantitative estimate of drug-likeness (QED) is 0.745. The molecule has 1 aliphatic heterocycles. The van der Waals surface area contributed by atoms with Gasteiger partial charge < -0.3 is 5.32 Å². The number of aryl methyl sites for hydroxylation is 2. The molecule has 1 amide bonds. The number of nitrogens with zero attached hydrogens (tertiary/aromatic N) is 2. The van der Waals surface area contributed by atoms with Crippen LogP contribution in [0.25, 0.3) is 0 Å². The number of rotatable bonds is 2. The predicted octanol–water partition coefficient (Wildman–Crippen LogP) is 0.550. The Labute approximate surface area is 83.3 Å². The summed E-state index contributed by atoms with van der Waals surface area (Å²) in [6.07, 6.45) is 4.56. The zero-order valence-corrected chi connectivity index (χ0v) is 8.58. The van der Waals surface area contributed by atoms with Crippen molar-refractivity contribution in [1.29, 1.82) is 0 Å². The molecule has 1 aliphatic rings. The Morgan fingerprint density at radius 1 is 1.71 bits per heavy atom. The van der Waals surface area contributed by atoms with Crippen LogP contribution in [0, 0.1) is 6.92 Å². The number of amides is 1. The molecule has 14 heavy (non-hydrogen) atoms. The van der Waals surface area contributed by atoms with Gasteiger partial charge in [-0.2, -0.15) is 5.10 Å². The lowest BCUT2D eigenvalue weighted by Gasteiger charge is -2.07. The number of hydrogen-bond acceptors (Lipinski definition) is 2. The van der Waals surface area contributed by atoms with Crippen molar-refractivity contribution >= 4 is 5.91 Å². The van der Waals surface area contributed by atoms with E-state index in [9.17, 15) is 4.79 Å². The van der Waals surface area contributed by atoms with E-state index in [0.29, 0.717) is 12.5 Å². The van der Waals surface area contributed by atoms with Crippen molar-refractivity contribution in [2.75, 3.05) is 0 Å². The van der Waals surface area contributed by atoms with Gasteiger partial charge in [-0.25, -0.2) is 0 Å². The fraction of sp³-hybridized carbons (Fsp3) is 0.600. The highest BCUT2D eigenvalue weighted by atomic mass is 16.1. The molecule has 1 aromatic heterocycles. The largest absolute Gasteiger partial charge is 0.353 e. The van der Waals surface area contributed by atoms with E-state index in [2.05, 4.69) is 10.4 Å².